The highest BCUT2D eigenvalue weighted by Gasteiger charge is 2.07. The van der Waals surface area contributed by atoms with E-state index in [0.29, 0.717) is 13.3 Å². The van der Waals surface area contributed by atoms with Crippen molar-refractivity contribution >= 4 is 0 Å². The molecule has 0 atom stereocenters. The van der Waals surface area contributed by atoms with Crippen molar-refractivity contribution in [3.63, 3.8) is 0 Å². The highest BCUT2D eigenvalue weighted by atomic mass is 16.5. The molecule has 5 nitrogen and oxygen atoms in total. The number of hydrogen-bond donors (Lipinski definition) is 0. The maximum absolute atomic E-state index is 5.28. The molecule has 0 radical (unpaired) electrons. The molecular formula is C11H14N4O. The van der Waals surface area contributed by atoms with Crippen LogP contribution in [0.5, 0.6) is 0 Å². The smallest absolute Gasteiger partial charge is 0.184 e. The fourth-order valence-electron chi connectivity index (χ4n) is 1.38. The van der Waals surface area contributed by atoms with E-state index in [9.17, 15) is 0 Å². The average Bonchev–Trinajstić information content (AvgIpc) is 2.75. The Kier molecular flexibility index (Phi) is 3.26. The van der Waals surface area contributed by atoms with E-state index in [1.807, 2.05) is 38.1 Å². The molecule has 1 aromatic carbocycles. The fraction of sp³-hybridized carbons (Fsp3) is 0.364. The minimum Gasteiger partial charge on any atom is -0.359 e. The van der Waals surface area contributed by atoms with Crippen LogP contribution in [0.15, 0.2) is 24.3 Å². The minimum absolute atomic E-state index is 0.382. The summed E-state index contributed by atoms with van der Waals surface area (Å²) in [7, 11) is 0. The van der Waals surface area contributed by atoms with Crippen molar-refractivity contribution in [3.8, 4) is 11.4 Å². The van der Waals surface area contributed by atoms with Gasteiger partial charge in [0.25, 0.3) is 0 Å². The summed E-state index contributed by atoms with van der Waals surface area (Å²) in [5.41, 5.74) is 2.21. The molecule has 0 saturated carbocycles. The average molecular weight is 218 g/mol. The molecule has 0 aliphatic heterocycles. The van der Waals surface area contributed by atoms with Gasteiger partial charge in [0, 0.05) is 12.2 Å². The van der Waals surface area contributed by atoms with Gasteiger partial charge in [-0.05, 0) is 24.3 Å². The van der Waals surface area contributed by atoms with Crippen LogP contribution in [0, 0.1) is 6.92 Å². The Hall–Kier alpha value is -1.75. The topological polar surface area (TPSA) is 52.8 Å². The van der Waals surface area contributed by atoms with Crippen molar-refractivity contribution in [2.24, 2.45) is 0 Å². The molecule has 0 unspecified atom stereocenters. The normalized spacial score (nSPS) is 10.6. The summed E-state index contributed by atoms with van der Waals surface area (Å²) in [6, 6.07) is 8.08. The van der Waals surface area contributed by atoms with E-state index < -0.39 is 0 Å². The van der Waals surface area contributed by atoms with Gasteiger partial charge in [-0.15, -0.1) is 5.10 Å². The lowest BCUT2D eigenvalue weighted by Gasteiger charge is -2.04. The van der Waals surface area contributed by atoms with Gasteiger partial charge in [0.15, 0.2) is 5.82 Å². The van der Waals surface area contributed by atoms with E-state index >= 15 is 0 Å². The Balaban J connectivity index is 2.26. The molecule has 2 rings (SSSR count). The maximum Gasteiger partial charge on any atom is 0.184 e. The van der Waals surface area contributed by atoms with E-state index in [1.54, 1.807) is 4.68 Å². The summed E-state index contributed by atoms with van der Waals surface area (Å²) >= 11 is 0. The third-order valence-corrected chi connectivity index (χ3v) is 2.26. The first-order valence-electron chi connectivity index (χ1n) is 5.22. The van der Waals surface area contributed by atoms with Gasteiger partial charge in [-0.2, -0.15) is 4.68 Å². The van der Waals surface area contributed by atoms with Crippen LogP contribution in [-0.4, -0.2) is 26.8 Å². The number of hydrogen-bond acceptors (Lipinski definition) is 4. The molecule has 0 aliphatic carbocycles. The molecule has 2 aromatic rings. The summed E-state index contributed by atoms with van der Waals surface area (Å²) in [6.45, 7) is 5.02. The van der Waals surface area contributed by atoms with Crippen molar-refractivity contribution in [2.45, 2.75) is 20.6 Å². The van der Waals surface area contributed by atoms with Crippen LogP contribution in [0.2, 0.25) is 0 Å². The minimum atomic E-state index is 0.382. The fourth-order valence-corrected chi connectivity index (χ4v) is 1.38. The highest BCUT2D eigenvalue weighted by Crippen LogP contribution is 2.15. The Bertz CT molecular complexity index is 449. The second-order valence-electron chi connectivity index (χ2n) is 3.49. The summed E-state index contributed by atoms with van der Waals surface area (Å²) in [5.74, 6) is 0.730. The molecule has 0 spiro atoms. The molecule has 0 saturated heterocycles. The van der Waals surface area contributed by atoms with E-state index in [4.69, 9.17) is 4.74 Å². The first kappa shape index (κ1) is 10.8. The largest absolute Gasteiger partial charge is 0.359 e. The third-order valence-electron chi connectivity index (χ3n) is 2.26. The van der Waals surface area contributed by atoms with Crippen molar-refractivity contribution in [3.05, 3.63) is 29.8 Å². The Morgan fingerprint density at radius 2 is 2.00 bits per heavy atom. The molecule has 1 heterocycles. The van der Waals surface area contributed by atoms with Gasteiger partial charge in [-0.3, -0.25) is 0 Å². The summed E-state index contributed by atoms with van der Waals surface area (Å²) < 4.78 is 6.93. The Morgan fingerprint density at radius 1 is 1.25 bits per heavy atom. The lowest BCUT2D eigenvalue weighted by atomic mass is 10.1. The molecule has 16 heavy (non-hydrogen) atoms. The highest BCUT2D eigenvalue weighted by molar-refractivity contribution is 5.54. The SMILES string of the molecule is CCOCn1nnnc1-c1ccc(C)cc1. The number of ether oxygens (including phenoxy) is 1. The summed E-state index contributed by atoms with van der Waals surface area (Å²) in [4.78, 5) is 0. The molecule has 5 heteroatoms. The molecule has 0 N–H and O–H groups in total. The van der Waals surface area contributed by atoms with E-state index in [1.165, 1.54) is 5.56 Å². The first-order chi connectivity index (χ1) is 7.81. The molecular weight excluding hydrogens is 204 g/mol. The molecule has 0 bridgehead atoms. The van der Waals surface area contributed by atoms with Crippen LogP contribution in [0.1, 0.15) is 12.5 Å². The predicted molar refractivity (Wildman–Crippen MR) is 59.6 cm³/mol. The number of aryl methyl sites for hydroxylation is 1. The van der Waals surface area contributed by atoms with Gasteiger partial charge in [-0.1, -0.05) is 29.8 Å². The second-order valence-corrected chi connectivity index (χ2v) is 3.49. The first-order valence-corrected chi connectivity index (χ1v) is 5.22. The zero-order valence-corrected chi connectivity index (χ0v) is 9.42. The van der Waals surface area contributed by atoms with Crippen LogP contribution in [0.4, 0.5) is 0 Å². The lowest BCUT2D eigenvalue weighted by molar-refractivity contribution is 0.0790. The predicted octanol–water partition coefficient (Wildman–Crippen LogP) is 1.64. The van der Waals surface area contributed by atoms with Crippen LogP contribution in [-0.2, 0) is 11.5 Å². The number of rotatable bonds is 4. The molecule has 0 fully saturated rings. The third kappa shape index (κ3) is 2.25. The summed E-state index contributed by atoms with van der Waals surface area (Å²) in [5, 5.41) is 11.5. The van der Waals surface area contributed by atoms with Gasteiger partial charge in [0.05, 0.1) is 0 Å². The molecule has 0 amide bonds. The van der Waals surface area contributed by atoms with Crippen molar-refractivity contribution in [2.75, 3.05) is 6.61 Å². The lowest BCUT2D eigenvalue weighted by Crippen LogP contribution is -2.06. The second kappa shape index (κ2) is 4.85. The number of benzene rings is 1. The summed E-state index contributed by atoms with van der Waals surface area (Å²) in [6.07, 6.45) is 0. The van der Waals surface area contributed by atoms with Crippen LogP contribution >= 0.6 is 0 Å². The van der Waals surface area contributed by atoms with E-state index in [2.05, 4.69) is 15.5 Å². The van der Waals surface area contributed by atoms with Crippen LogP contribution in [0.3, 0.4) is 0 Å². The molecule has 0 aliphatic rings. The van der Waals surface area contributed by atoms with Crippen molar-refractivity contribution in [1.82, 2.24) is 20.2 Å². The standard InChI is InChI=1S/C11H14N4O/c1-3-16-8-15-11(12-13-14-15)10-6-4-9(2)5-7-10/h4-7H,3,8H2,1-2H3. The van der Waals surface area contributed by atoms with Gasteiger partial charge in [0.2, 0.25) is 0 Å². The van der Waals surface area contributed by atoms with E-state index in [0.717, 1.165) is 11.4 Å². The molecule has 84 valence electrons. The molecule has 1 aromatic heterocycles. The Morgan fingerprint density at radius 3 is 2.69 bits per heavy atom. The quantitative estimate of drug-likeness (QED) is 0.782. The number of tetrazole rings is 1. The maximum atomic E-state index is 5.28. The monoisotopic (exact) mass is 218 g/mol. The zero-order valence-electron chi connectivity index (χ0n) is 9.42. The van der Waals surface area contributed by atoms with Gasteiger partial charge in [0.1, 0.15) is 6.73 Å². The number of nitrogens with zero attached hydrogens (tertiary/aromatic N) is 4. The van der Waals surface area contributed by atoms with Crippen LogP contribution < -0.4 is 0 Å². The van der Waals surface area contributed by atoms with E-state index in [-0.39, 0.29) is 0 Å². The van der Waals surface area contributed by atoms with Gasteiger partial charge in [-0.25, -0.2) is 0 Å². The van der Waals surface area contributed by atoms with Crippen LogP contribution in [0.25, 0.3) is 11.4 Å². The zero-order chi connectivity index (χ0) is 11.4. The Labute approximate surface area is 94.0 Å². The van der Waals surface area contributed by atoms with Gasteiger partial charge < -0.3 is 4.74 Å². The van der Waals surface area contributed by atoms with Crippen molar-refractivity contribution < 1.29 is 4.74 Å². The van der Waals surface area contributed by atoms with Crippen molar-refractivity contribution in [1.29, 1.82) is 0 Å². The number of aromatic nitrogens is 4. The van der Waals surface area contributed by atoms with Gasteiger partial charge >= 0.3 is 0 Å².